The summed E-state index contributed by atoms with van der Waals surface area (Å²) in [6, 6.07) is 0. The van der Waals surface area contributed by atoms with Gasteiger partial charge >= 0.3 is 0 Å². The summed E-state index contributed by atoms with van der Waals surface area (Å²) in [7, 11) is -1.00. The molecule has 1 saturated heterocycles. The summed E-state index contributed by atoms with van der Waals surface area (Å²) in [5.41, 5.74) is 0. The van der Waals surface area contributed by atoms with Gasteiger partial charge in [0.2, 0.25) is 10.0 Å². The van der Waals surface area contributed by atoms with E-state index in [-0.39, 0.29) is 11.2 Å². The molecule has 0 aromatic carbocycles. The average Bonchev–Trinajstić information content (AvgIpc) is 2.37. The van der Waals surface area contributed by atoms with Crippen LogP contribution in [0, 0.1) is 17.8 Å². The highest BCUT2D eigenvalue weighted by atomic mass is 32.2. The van der Waals surface area contributed by atoms with E-state index in [0.717, 1.165) is 45.2 Å². The van der Waals surface area contributed by atoms with Crippen molar-refractivity contribution in [2.75, 3.05) is 26.7 Å². The molecule has 3 atom stereocenters. The maximum Gasteiger partial charge on any atom is 0.214 e. The Morgan fingerprint density at radius 2 is 1.75 bits per heavy atom. The molecule has 1 aliphatic carbocycles. The van der Waals surface area contributed by atoms with Gasteiger partial charge < -0.3 is 4.90 Å². The van der Waals surface area contributed by atoms with Crippen molar-refractivity contribution in [1.82, 2.24) is 9.62 Å². The van der Waals surface area contributed by atoms with Gasteiger partial charge in [-0.25, -0.2) is 13.1 Å². The normalized spacial score (nSPS) is 34.2. The Bertz CT molecular complexity index is 402. The molecule has 0 spiro atoms. The monoisotopic (exact) mass is 302 g/mol. The van der Waals surface area contributed by atoms with Crippen LogP contribution in [0.3, 0.4) is 0 Å². The minimum absolute atomic E-state index is 0.176. The molecule has 1 aliphatic heterocycles. The summed E-state index contributed by atoms with van der Waals surface area (Å²) < 4.78 is 27.9. The van der Waals surface area contributed by atoms with Gasteiger partial charge in [0.1, 0.15) is 0 Å². The molecular weight excluding hydrogens is 272 g/mol. The summed E-state index contributed by atoms with van der Waals surface area (Å²) in [6.45, 7) is 7.13. The van der Waals surface area contributed by atoms with E-state index in [1.165, 1.54) is 0 Å². The Morgan fingerprint density at radius 3 is 2.35 bits per heavy atom. The van der Waals surface area contributed by atoms with E-state index in [4.69, 9.17) is 0 Å². The maximum atomic E-state index is 12.5. The molecular formula is C15H30N2O2S. The molecule has 0 bridgehead atoms. The molecule has 0 amide bonds. The number of likely N-dealkylation sites (tertiary alicyclic amines) is 1. The van der Waals surface area contributed by atoms with Crippen LogP contribution in [-0.2, 0) is 10.0 Å². The Hall–Kier alpha value is -0.130. The first-order valence-electron chi connectivity index (χ1n) is 8.05. The van der Waals surface area contributed by atoms with Gasteiger partial charge in [0.25, 0.3) is 0 Å². The van der Waals surface area contributed by atoms with Crippen molar-refractivity contribution in [2.45, 2.75) is 51.2 Å². The zero-order valence-electron chi connectivity index (χ0n) is 13.1. The molecule has 20 heavy (non-hydrogen) atoms. The smallest absolute Gasteiger partial charge is 0.214 e. The summed E-state index contributed by atoms with van der Waals surface area (Å²) in [5, 5.41) is -0.176. The summed E-state index contributed by atoms with van der Waals surface area (Å²) in [4.78, 5) is 2.32. The Labute approximate surface area is 124 Å². The topological polar surface area (TPSA) is 49.4 Å². The predicted octanol–water partition coefficient (Wildman–Crippen LogP) is 2.07. The predicted molar refractivity (Wildman–Crippen MR) is 83.1 cm³/mol. The minimum Gasteiger partial charge on any atom is -0.306 e. The number of nitrogens with one attached hydrogen (secondary N) is 1. The van der Waals surface area contributed by atoms with Gasteiger partial charge in [0, 0.05) is 6.54 Å². The van der Waals surface area contributed by atoms with Gasteiger partial charge in [-0.15, -0.1) is 0 Å². The highest BCUT2D eigenvalue weighted by Crippen LogP contribution is 2.32. The van der Waals surface area contributed by atoms with Crippen LogP contribution >= 0.6 is 0 Å². The van der Waals surface area contributed by atoms with Crippen LogP contribution in [0.5, 0.6) is 0 Å². The summed E-state index contributed by atoms with van der Waals surface area (Å²) in [5.74, 6) is 1.47. The van der Waals surface area contributed by atoms with E-state index in [9.17, 15) is 8.42 Å². The quantitative estimate of drug-likeness (QED) is 0.865. The van der Waals surface area contributed by atoms with Gasteiger partial charge in [0.05, 0.1) is 5.25 Å². The molecule has 118 valence electrons. The number of piperidine rings is 1. The molecule has 1 heterocycles. The van der Waals surface area contributed by atoms with Crippen molar-refractivity contribution in [2.24, 2.45) is 17.8 Å². The lowest BCUT2D eigenvalue weighted by atomic mass is 9.83. The van der Waals surface area contributed by atoms with E-state index in [2.05, 4.69) is 30.5 Å². The SMILES string of the molecule is CC1CCC(S(=O)(=O)NCC2CCN(C)CC2)C(C)C1. The van der Waals surface area contributed by atoms with E-state index in [0.29, 0.717) is 18.4 Å². The van der Waals surface area contributed by atoms with Crippen molar-refractivity contribution in [1.29, 1.82) is 0 Å². The molecule has 1 N–H and O–H groups in total. The first-order chi connectivity index (χ1) is 9.38. The molecule has 5 heteroatoms. The summed E-state index contributed by atoms with van der Waals surface area (Å²) >= 11 is 0. The second kappa shape index (κ2) is 6.75. The third-order valence-corrected chi connectivity index (χ3v) is 7.23. The lowest BCUT2D eigenvalue weighted by molar-refractivity contribution is 0.220. The number of rotatable bonds is 4. The zero-order valence-corrected chi connectivity index (χ0v) is 14.0. The van der Waals surface area contributed by atoms with Gasteiger partial charge in [0.15, 0.2) is 0 Å². The number of nitrogens with zero attached hydrogens (tertiary/aromatic N) is 1. The maximum absolute atomic E-state index is 12.5. The average molecular weight is 302 g/mol. The number of hydrogen-bond acceptors (Lipinski definition) is 3. The largest absolute Gasteiger partial charge is 0.306 e. The van der Waals surface area contributed by atoms with Gasteiger partial charge in [-0.1, -0.05) is 13.8 Å². The molecule has 3 unspecified atom stereocenters. The van der Waals surface area contributed by atoms with Crippen LogP contribution in [-0.4, -0.2) is 45.2 Å². The fourth-order valence-electron chi connectivity index (χ4n) is 3.71. The Morgan fingerprint density at radius 1 is 1.10 bits per heavy atom. The van der Waals surface area contributed by atoms with Gasteiger partial charge in [-0.3, -0.25) is 0 Å². The van der Waals surface area contributed by atoms with Crippen molar-refractivity contribution in [3.8, 4) is 0 Å². The number of hydrogen-bond donors (Lipinski definition) is 1. The Balaban J connectivity index is 1.84. The highest BCUT2D eigenvalue weighted by Gasteiger charge is 2.35. The molecule has 1 saturated carbocycles. The van der Waals surface area contributed by atoms with E-state index in [1.807, 2.05) is 0 Å². The van der Waals surface area contributed by atoms with Crippen molar-refractivity contribution < 1.29 is 8.42 Å². The molecule has 4 nitrogen and oxygen atoms in total. The molecule has 2 aliphatic rings. The zero-order chi connectivity index (χ0) is 14.8. The fourth-order valence-corrected chi connectivity index (χ4v) is 5.56. The van der Waals surface area contributed by atoms with Crippen LogP contribution in [0.1, 0.15) is 46.0 Å². The molecule has 0 radical (unpaired) electrons. The molecule has 0 aromatic heterocycles. The third kappa shape index (κ3) is 4.18. The van der Waals surface area contributed by atoms with E-state index < -0.39 is 10.0 Å². The van der Waals surface area contributed by atoms with Crippen LogP contribution < -0.4 is 4.72 Å². The molecule has 2 rings (SSSR count). The summed E-state index contributed by atoms with van der Waals surface area (Å²) in [6.07, 6.45) is 5.13. The molecule has 2 fully saturated rings. The highest BCUT2D eigenvalue weighted by molar-refractivity contribution is 7.90. The lowest BCUT2D eigenvalue weighted by Gasteiger charge is -2.33. The van der Waals surface area contributed by atoms with E-state index in [1.54, 1.807) is 0 Å². The van der Waals surface area contributed by atoms with Gasteiger partial charge in [-0.2, -0.15) is 0 Å². The second-order valence-corrected chi connectivity index (χ2v) is 9.06. The van der Waals surface area contributed by atoms with Crippen LogP contribution in [0.15, 0.2) is 0 Å². The van der Waals surface area contributed by atoms with Crippen LogP contribution in [0.4, 0.5) is 0 Å². The lowest BCUT2D eigenvalue weighted by Crippen LogP contribution is -2.44. The molecule has 0 aromatic rings. The van der Waals surface area contributed by atoms with Crippen molar-refractivity contribution >= 4 is 10.0 Å². The first kappa shape index (κ1) is 16.2. The minimum atomic E-state index is -3.13. The first-order valence-corrected chi connectivity index (χ1v) is 9.60. The third-order valence-electron chi connectivity index (χ3n) is 5.16. The van der Waals surface area contributed by atoms with Crippen LogP contribution in [0.2, 0.25) is 0 Å². The van der Waals surface area contributed by atoms with Crippen molar-refractivity contribution in [3.63, 3.8) is 0 Å². The van der Waals surface area contributed by atoms with E-state index >= 15 is 0 Å². The Kier molecular flexibility index (Phi) is 5.49. The van der Waals surface area contributed by atoms with Crippen molar-refractivity contribution in [3.05, 3.63) is 0 Å². The fraction of sp³-hybridized carbons (Fsp3) is 1.00. The second-order valence-electron chi connectivity index (χ2n) is 7.07. The van der Waals surface area contributed by atoms with Crippen LogP contribution in [0.25, 0.3) is 0 Å². The van der Waals surface area contributed by atoms with Gasteiger partial charge in [-0.05, 0) is 70.0 Å². The standard InChI is InChI=1S/C15H30N2O2S/c1-12-4-5-15(13(2)10-12)20(18,19)16-11-14-6-8-17(3)9-7-14/h12-16H,4-11H2,1-3H3. The number of sulfonamides is 1.